The molecule has 2 atom stereocenters. The van der Waals surface area contributed by atoms with Gasteiger partial charge in [-0.2, -0.15) is 13.2 Å². The van der Waals surface area contributed by atoms with Crippen LogP contribution in [0.4, 0.5) is 18.9 Å². The lowest BCUT2D eigenvalue weighted by molar-refractivity contribution is -0.140. The van der Waals surface area contributed by atoms with E-state index in [2.05, 4.69) is 5.32 Å². The van der Waals surface area contributed by atoms with Gasteiger partial charge in [0.25, 0.3) is 10.0 Å². The van der Waals surface area contributed by atoms with Crippen LogP contribution in [0, 0.1) is 6.92 Å². The van der Waals surface area contributed by atoms with Gasteiger partial charge in [-0.15, -0.1) is 0 Å². The van der Waals surface area contributed by atoms with Crippen molar-refractivity contribution in [2.45, 2.75) is 70.2 Å². The van der Waals surface area contributed by atoms with Gasteiger partial charge in [-0.25, -0.2) is 8.42 Å². The summed E-state index contributed by atoms with van der Waals surface area (Å²) in [5, 5.41) is 2.27. The first-order valence-electron chi connectivity index (χ1n) is 13.8. The van der Waals surface area contributed by atoms with Crippen LogP contribution in [0.1, 0.15) is 50.3 Å². The van der Waals surface area contributed by atoms with Crippen molar-refractivity contribution in [1.82, 2.24) is 10.2 Å². The van der Waals surface area contributed by atoms with Crippen LogP contribution in [0.3, 0.4) is 0 Å². The summed E-state index contributed by atoms with van der Waals surface area (Å²) < 4.78 is 69.7. The maximum atomic E-state index is 14.1. The summed E-state index contributed by atoms with van der Waals surface area (Å²) >= 11 is 5.82. The van der Waals surface area contributed by atoms with E-state index in [0.717, 1.165) is 23.3 Å². The zero-order valence-electron chi connectivity index (χ0n) is 24.4. The van der Waals surface area contributed by atoms with Crippen molar-refractivity contribution >= 4 is 39.1 Å². The highest BCUT2D eigenvalue weighted by molar-refractivity contribution is 7.92. The first-order chi connectivity index (χ1) is 20.2. The van der Waals surface area contributed by atoms with Gasteiger partial charge in [0.2, 0.25) is 11.8 Å². The van der Waals surface area contributed by atoms with Gasteiger partial charge in [0.15, 0.2) is 0 Å². The molecule has 43 heavy (non-hydrogen) atoms. The van der Waals surface area contributed by atoms with E-state index in [-0.39, 0.29) is 23.9 Å². The Hall–Kier alpha value is -3.57. The largest absolute Gasteiger partial charge is 0.417 e. The summed E-state index contributed by atoms with van der Waals surface area (Å²) in [6, 6.07) is 15.8. The second-order valence-electron chi connectivity index (χ2n) is 10.2. The lowest BCUT2D eigenvalue weighted by atomic mass is 10.1. The highest BCUT2D eigenvalue weighted by atomic mass is 35.5. The molecule has 2 amide bonds. The van der Waals surface area contributed by atoms with Crippen LogP contribution in [0.25, 0.3) is 0 Å². The van der Waals surface area contributed by atoms with Crippen LogP contribution in [-0.4, -0.2) is 43.8 Å². The molecule has 0 saturated carbocycles. The van der Waals surface area contributed by atoms with Crippen molar-refractivity contribution in [2.24, 2.45) is 0 Å². The number of carbonyl (C=O) groups is 2. The summed E-state index contributed by atoms with van der Waals surface area (Å²) in [4.78, 5) is 28.5. The molecule has 3 aromatic rings. The zero-order chi connectivity index (χ0) is 31.9. The van der Waals surface area contributed by atoms with Crippen molar-refractivity contribution in [1.29, 1.82) is 0 Å². The van der Waals surface area contributed by atoms with Crippen molar-refractivity contribution < 1.29 is 31.2 Å². The smallest absolute Gasteiger partial charge is 0.352 e. The van der Waals surface area contributed by atoms with Gasteiger partial charge < -0.3 is 10.2 Å². The van der Waals surface area contributed by atoms with Crippen LogP contribution in [-0.2, 0) is 32.3 Å². The Labute approximate surface area is 255 Å². The molecule has 12 heteroatoms. The molecule has 2 unspecified atom stereocenters. The van der Waals surface area contributed by atoms with Crippen LogP contribution >= 0.6 is 11.6 Å². The van der Waals surface area contributed by atoms with Gasteiger partial charge in [0, 0.05) is 12.6 Å². The Bertz CT molecular complexity index is 1530. The average molecular weight is 638 g/mol. The number of hydrogen-bond acceptors (Lipinski definition) is 4. The maximum Gasteiger partial charge on any atom is 0.417 e. The Morgan fingerprint density at radius 3 is 2.16 bits per heavy atom. The van der Waals surface area contributed by atoms with Crippen molar-refractivity contribution in [3.05, 3.63) is 94.5 Å². The van der Waals surface area contributed by atoms with Crippen LogP contribution in [0.2, 0.25) is 5.02 Å². The summed E-state index contributed by atoms with van der Waals surface area (Å²) in [5.74, 6) is -1.18. The molecular weight excluding hydrogens is 603 g/mol. The number of nitrogens with one attached hydrogen (secondary N) is 1. The first-order valence-corrected chi connectivity index (χ1v) is 15.6. The van der Waals surface area contributed by atoms with E-state index in [1.54, 1.807) is 25.1 Å². The highest BCUT2D eigenvalue weighted by Gasteiger charge is 2.37. The quantitative estimate of drug-likeness (QED) is 0.243. The number of anilines is 1. The van der Waals surface area contributed by atoms with Crippen molar-refractivity contribution in [3.63, 3.8) is 0 Å². The number of halogens is 4. The molecule has 0 fully saturated rings. The topological polar surface area (TPSA) is 86.8 Å². The lowest BCUT2D eigenvalue weighted by Gasteiger charge is -2.34. The minimum Gasteiger partial charge on any atom is -0.352 e. The number of benzene rings is 3. The van der Waals surface area contributed by atoms with Crippen LogP contribution < -0.4 is 9.62 Å². The van der Waals surface area contributed by atoms with Crippen LogP contribution in [0.15, 0.2) is 77.7 Å². The number of rotatable bonds is 12. The number of amides is 2. The summed E-state index contributed by atoms with van der Waals surface area (Å²) in [6.07, 6.45) is -4.02. The normalized spacial score (nSPS) is 13.2. The molecule has 0 heterocycles. The van der Waals surface area contributed by atoms with Gasteiger partial charge in [0.1, 0.15) is 12.6 Å². The van der Waals surface area contributed by atoms with E-state index in [0.29, 0.717) is 16.8 Å². The number of sulfonamides is 1. The van der Waals surface area contributed by atoms with E-state index in [4.69, 9.17) is 11.6 Å². The Morgan fingerprint density at radius 1 is 0.953 bits per heavy atom. The minimum atomic E-state index is -4.88. The lowest BCUT2D eigenvalue weighted by Crippen LogP contribution is -2.53. The van der Waals surface area contributed by atoms with Gasteiger partial charge in [-0.1, -0.05) is 67.9 Å². The van der Waals surface area contributed by atoms with E-state index in [1.807, 2.05) is 32.9 Å². The summed E-state index contributed by atoms with van der Waals surface area (Å²) in [7, 11) is -4.54. The summed E-state index contributed by atoms with van der Waals surface area (Å²) in [6.45, 7) is 6.41. The summed E-state index contributed by atoms with van der Waals surface area (Å²) in [5.41, 5.74) is -0.0712. The standard InChI is InChI=1S/C31H35ClF3N3O4S/c1-5-22(4)36-30(40)28(6-2)37(19-23-13-11-10-12-21(23)3)29(39)20-38(43(41,42)25-14-8-7-9-15-25)24-16-17-27(32)26(18-24)31(33,34)35/h7-18,22,28H,5-6,19-20H2,1-4H3,(H,36,40). The second-order valence-corrected chi connectivity index (χ2v) is 12.4. The SMILES string of the molecule is CCC(C)NC(=O)C(CC)N(Cc1ccccc1C)C(=O)CN(c1ccc(Cl)c(C(F)(F)F)c1)S(=O)(=O)c1ccccc1. The van der Waals surface area contributed by atoms with Crippen molar-refractivity contribution in [3.8, 4) is 0 Å². The predicted octanol–water partition coefficient (Wildman–Crippen LogP) is 6.58. The number of alkyl halides is 3. The minimum absolute atomic E-state index is 0.0222. The van der Waals surface area contributed by atoms with Gasteiger partial charge >= 0.3 is 6.18 Å². The molecule has 0 aliphatic rings. The molecule has 0 aliphatic carbocycles. The highest BCUT2D eigenvalue weighted by Crippen LogP contribution is 2.38. The molecule has 0 spiro atoms. The Kier molecular flexibility index (Phi) is 11.3. The second kappa shape index (κ2) is 14.3. The molecule has 0 radical (unpaired) electrons. The third-order valence-electron chi connectivity index (χ3n) is 7.14. The number of hydrogen-bond donors (Lipinski definition) is 1. The molecule has 232 valence electrons. The molecule has 7 nitrogen and oxygen atoms in total. The third kappa shape index (κ3) is 8.29. The zero-order valence-corrected chi connectivity index (χ0v) is 25.9. The molecule has 0 aliphatic heterocycles. The fourth-order valence-electron chi connectivity index (χ4n) is 4.47. The number of aryl methyl sites for hydroxylation is 1. The van der Waals surface area contributed by atoms with E-state index in [9.17, 15) is 31.2 Å². The fourth-order valence-corrected chi connectivity index (χ4v) is 6.12. The fraction of sp³-hybridized carbons (Fsp3) is 0.355. The van der Waals surface area contributed by atoms with Gasteiger partial charge in [-0.05, 0) is 68.1 Å². The van der Waals surface area contributed by atoms with Crippen LogP contribution in [0.5, 0.6) is 0 Å². The molecule has 3 aromatic carbocycles. The van der Waals surface area contributed by atoms with E-state index in [1.165, 1.54) is 29.2 Å². The first kappa shape index (κ1) is 33.9. The molecule has 3 rings (SSSR count). The predicted molar refractivity (Wildman–Crippen MR) is 161 cm³/mol. The van der Waals surface area contributed by atoms with Gasteiger partial charge in [0.05, 0.1) is 21.2 Å². The molecule has 1 N–H and O–H groups in total. The average Bonchev–Trinajstić information content (AvgIpc) is 2.96. The molecular formula is C31H35ClF3N3O4S. The maximum absolute atomic E-state index is 14.1. The molecule has 0 aromatic heterocycles. The Morgan fingerprint density at radius 2 is 1.58 bits per heavy atom. The molecule has 0 bridgehead atoms. The van der Waals surface area contributed by atoms with Gasteiger partial charge in [-0.3, -0.25) is 13.9 Å². The Balaban J connectivity index is 2.15. The van der Waals surface area contributed by atoms with Crippen molar-refractivity contribution in [2.75, 3.05) is 10.8 Å². The number of nitrogens with zero attached hydrogens (tertiary/aromatic N) is 2. The van der Waals surface area contributed by atoms with E-state index < -0.39 is 56.9 Å². The van der Waals surface area contributed by atoms with E-state index >= 15 is 0 Å². The third-order valence-corrected chi connectivity index (χ3v) is 9.26. The molecule has 0 saturated heterocycles. The number of carbonyl (C=O) groups excluding carboxylic acids is 2. The monoisotopic (exact) mass is 637 g/mol.